The predicted octanol–water partition coefficient (Wildman–Crippen LogP) is 3.68. The largest absolute Gasteiger partial charge is 0.380 e. The highest BCUT2D eigenvalue weighted by atomic mass is 127. The molecule has 17 heavy (non-hydrogen) atoms. The van der Waals surface area contributed by atoms with Gasteiger partial charge in [0.1, 0.15) is 0 Å². The second-order valence-electron chi connectivity index (χ2n) is 3.79. The van der Waals surface area contributed by atoms with E-state index in [1.165, 1.54) is 9.13 Å². The van der Waals surface area contributed by atoms with Gasteiger partial charge >= 0.3 is 0 Å². The van der Waals surface area contributed by atoms with E-state index in [4.69, 9.17) is 10.3 Å². The first-order chi connectivity index (χ1) is 8.24. The van der Waals surface area contributed by atoms with Gasteiger partial charge in [0, 0.05) is 3.57 Å². The van der Waals surface area contributed by atoms with E-state index in [9.17, 15) is 0 Å². The molecule has 3 rings (SSSR count). The van der Waals surface area contributed by atoms with Crippen molar-refractivity contribution in [3.05, 3.63) is 46.0 Å². The van der Waals surface area contributed by atoms with E-state index < -0.39 is 0 Å². The summed E-state index contributed by atoms with van der Waals surface area (Å²) in [6.45, 7) is 0. The molecule has 0 atom stereocenters. The number of fused-ring (bicyclic) bond motifs is 1. The quantitative estimate of drug-likeness (QED) is 0.690. The maximum atomic E-state index is 5.75. The number of hydrogen-bond acceptors (Lipinski definition) is 3. The Bertz CT molecular complexity index is 691. The van der Waals surface area contributed by atoms with E-state index in [0.29, 0.717) is 5.82 Å². The van der Waals surface area contributed by atoms with Crippen LogP contribution in [0.3, 0.4) is 0 Å². The molecule has 0 bridgehead atoms. The number of hydrogen-bond donors (Lipinski definition) is 1. The van der Waals surface area contributed by atoms with Gasteiger partial charge in [0.15, 0.2) is 11.4 Å². The first-order valence-electron chi connectivity index (χ1n) is 5.15. The SMILES string of the molecule is Nc1noc2ccc(-c3cccc(I)c3)cc12. The molecule has 4 heteroatoms. The number of halogens is 1. The van der Waals surface area contributed by atoms with Crippen LogP contribution in [0.5, 0.6) is 0 Å². The summed E-state index contributed by atoms with van der Waals surface area (Å²) in [5.41, 5.74) is 8.75. The van der Waals surface area contributed by atoms with Crippen LogP contribution >= 0.6 is 22.6 Å². The zero-order valence-corrected chi connectivity index (χ0v) is 11.0. The van der Waals surface area contributed by atoms with E-state index >= 15 is 0 Å². The van der Waals surface area contributed by atoms with Gasteiger partial charge in [-0.25, -0.2) is 0 Å². The average Bonchev–Trinajstić information content (AvgIpc) is 2.71. The lowest BCUT2D eigenvalue weighted by molar-refractivity contribution is 0.460. The minimum Gasteiger partial charge on any atom is -0.380 e. The lowest BCUT2D eigenvalue weighted by atomic mass is 10.0. The van der Waals surface area contributed by atoms with Crippen LogP contribution < -0.4 is 5.73 Å². The van der Waals surface area contributed by atoms with Crippen LogP contribution in [0, 0.1) is 3.57 Å². The average molecular weight is 336 g/mol. The van der Waals surface area contributed by atoms with Gasteiger partial charge in [-0.3, -0.25) is 0 Å². The van der Waals surface area contributed by atoms with Crippen LogP contribution in [0.1, 0.15) is 0 Å². The molecule has 0 radical (unpaired) electrons. The molecule has 0 amide bonds. The lowest BCUT2D eigenvalue weighted by Gasteiger charge is -2.02. The van der Waals surface area contributed by atoms with Crippen LogP contribution in [0.15, 0.2) is 47.0 Å². The first-order valence-corrected chi connectivity index (χ1v) is 6.23. The van der Waals surface area contributed by atoms with Crippen molar-refractivity contribution < 1.29 is 4.52 Å². The van der Waals surface area contributed by atoms with Crippen LogP contribution in [-0.4, -0.2) is 5.16 Å². The zero-order chi connectivity index (χ0) is 11.8. The molecule has 3 aromatic rings. The minimum atomic E-state index is 0.437. The lowest BCUT2D eigenvalue weighted by Crippen LogP contribution is -1.84. The Balaban J connectivity index is 2.20. The van der Waals surface area contributed by atoms with Gasteiger partial charge < -0.3 is 10.3 Å². The summed E-state index contributed by atoms with van der Waals surface area (Å²) in [7, 11) is 0. The number of anilines is 1. The third-order valence-electron chi connectivity index (χ3n) is 2.66. The summed E-state index contributed by atoms with van der Waals surface area (Å²) in [4.78, 5) is 0. The third-order valence-corrected chi connectivity index (χ3v) is 3.33. The molecule has 2 aromatic carbocycles. The number of rotatable bonds is 1. The molecule has 0 aliphatic carbocycles. The monoisotopic (exact) mass is 336 g/mol. The van der Waals surface area contributed by atoms with E-state index in [0.717, 1.165) is 16.5 Å². The molecule has 1 aromatic heterocycles. The van der Waals surface area contributed by atoms with Crippen molar-refractivity contribution in [3.8, 4) is 11.1 Å². The van der Waals surface area contributed by atoms with Crippen LogP contribution in [0.2, 0.25) is 0 Å². The fraction of sp³-hybridized carbons (Fsp3) is 0. The Morgan fingerprint density at radius 3 is 2.71 bits per heavy atom. The highest BCUT2D eigenvalue weighted by Crippen LogP contribution is 2.28. The molecule has 84 valence electrons. The third kappa shape index (κ3) is 1.88. The summed E-state index contributed by atoms with van der Waals surface area (Å²) < 4.78 is 6.29. The molecule has 3 nitrogen and oxygen atoms in total. The van der Waals surface area contributed by atoms with Crippen LogP contribution in [-0.2, 0) is 0 Å². The molecule has 0 saturated heterocycles. The van der Waals surface area contributed by atoms with Crippen molar-refractivity contribution in [1.29, 1.82) is 0 Å². The second kappa shape index (κ2) is 4.03. The Morgan fingerprint density at radius 2 is 1.88 bits per heavy atom. The minimum absolute atomic E-state index is 0.437. The molecule has 0 saturated carbocycles. The molecule has 2 N–H and O–H groups in total. The number of aromatic nitrogens is 1. The smallest absolute Gasteiger partial charge is 0.174 e. The second-order valence-corrected chi connectivity index (χ2v) is 5.03. The number of benzene rings is 2. The van der Waals surface area contributed by atoms with Crippen molar-refractivity contribution in [2.75, 3.05) is 5.73 Å². The van der Waals surface area contributed by atoms with Gasteiger partial charge in [-0.2, -0.15) is 0 Å². The fourth-order valence-corrected chi connectivity index (χ4v) is 2.35. The van der Waals surface area contributed by atoms with E-state index in [1.807, 2.05) is 24.3 Å². The normalized spacial score (nSPS) is 10.9. The van der Waals surface area contributed by atoms with Crippen molar-refractivity contribution >= 4 is 39.4 Å². The van der Waals surface area contributed by atoms with Gasteiger partial charge in [0.25, 0.3) is 0 Å². The van der Waals surface area contributed by atoms with Gasteiger partial charge in [0.05, 0.1) is 5.39 Å². The van der Waals surface area contributed by atoms with Crippen molar-refractivity contribution in [2.45, 2.75) is 0 Å². The molecular formula is C13H9IN2O. The topological polar surface area (TPSA) is 52.0 Å². The van der Waals surface area contributed by atoms with Crippen LogP contribution in [0.25, 0.3) is 22.1 Å². The van der Waals surface area contributed by atoms with Crippen LogP contribution in [0.4, 0.5) is 5.82 Å². The molecule has 0 spiro atoms. The maximum absolute atomic E-state index is 5.75. The molecular weight excluding hydrogens is 327 g/mol. The molecule has 1 heterocycles. The van der Waals surface area contributed by atoms with E-state index in [2.05, 4.69) is 45.9 Å². The summed E-state index contributed by atoms with van der Waals surface area (Å²) in [5.74, 6) is 0.437. The van der Waals surface area contributed by atoms with E-state index in [1.54, 1.807) is 0 Å². The zero-order valence-electron chi connectivity index (χ0n) is 8.85. The number of nitrogens with zero attached hydrogens (tertiary/aromatic N) is 1. The standard InChI is InChI=1S/C13H9IN2O/c14-10-3-1-2-8(6-10)9-4-5-12-11(7-9)13(15)16-17-12/h1-7H,(H2,15,16). The van der Waals surface area contributed by atoms with Crippen molar-refractivity contribution in [2.24, 2.45) is 0 Å². The molecule has 0 aliphatic rings. The summed E-state index contributed by atoms with van der Waals surface area (Å²) in [6, 6.07) is 14.2. The predicted molar refractivity (Wildman–Crippen MR) is 76.6 cm³/mol. The van der Waals surface area contributed by atoms with Gasteiger partial charge in [-0.15, -0.1) is 0 Å². The maximum Gasteiger partial charge on any atom is 0.174 e. The number of nitrogens with two attached hydrogens (primary N) is 1. The Labute approximate surface area is 112 Å². The molecule has 0 fully saturated rings. The molecule has 0 aliphatic heterocycles. The molecule has 0 unspecified atom stereocenters. The highest BCUT2D eigenvalue weighted by molar-refractivity contribution is 14.1. The highest BCUT2D eigenvalue weighted by Gasteiger charge is 2.06. The summed E-state index contributed by atoms with van der Waals surface area (Å²) in [6.07, 6.45) is 0. The van der Waals surface area contributed by atoms with Gasteiger partial charge in [-0.05, 0) is 58.0 Å². The Kier molecular flexibility index (Phi) is 2.51. The Morgan fingerprint density at radius 1 is 1.06 bits per heavy atom. The van der Waals surface area contributed by atoms with Crippen molar-refractivity contribution in [3.63, 3.8) is 0 Å². The first kappa shape index (κ1) is 10.6. The fourth-order valence-electron chi connectivity index (χ4n) is 1.80. The summed E-state index contributed by atoms with van der Waals surface area (Å²) in [5, 5.41) is 4.61. The summed E-state index contributed by atoms with van der Waals surface area (Å²) >= 11 is 2.30. The Hall–Kier alpha value is -1.56. The number of nitrogen functional groups attached to an aromatic ring is 1. The van der Waals surface area contributed by atoms with E-state index in [-0.39, 0.29) is 0 Å². The van der Waals surface area contributed by atoms with Gasteiger partial charge in [0.2, 0.25) is 0 Å². The van der Waals surface area contributed by atoms with Crippen molar-refractivity contribution in [1.82, 2.24) is 5.16 Å². The van der Waals surface area contributed by atoms with Gasteiger partial charge in [-0.1, -0.05) is 23.4 Å².